The summed E-state index contributed by atoms with van der Waals surface area (Å²) in [4.78, 5) is 28.6. The first-order valence-electron chi connectivity index (χ1n) is 6.99. The molecule has 0 aromatic rings. The van der Waals surface area contributed by atoms with Crippen LogP contribution in [0.4, 0.5) is 4.79 Å². The van der Waals surface area contributed by atoms with Gasteiger partial charge >= 0.3 is 6.03 Å². The SMILES string of the molecule is CC(C)N1CC2CN(C)CC(C1)C21NC(=O)NC1=O. The Kier molecular flexibility index (Phi) is 2.83. The summed E-state index contributed by atoms with van der Waals surface area (Å²) in [6.07, 6.45) is 0. The summed E-state index contributed by atoms with van der Waals surface area (Å²) in [6, 6.07) is 0.147. The van der Waals surface area contributed by atoms with Crippen LogP contribution in [0, 0.1) is 11.8 Å². The molecule has 0 aromatic carbocycles. The predicted octanol–water partition coefficient (Wildman–Crippen LogP) is -0.534. The Morgan fingerprint density at radius 3 is 2.16 bits per heavy atom. The van der Waals surface area contributed by atoms with E-state index in [1.165, 1.54) is 0 Å². The number of carbonyl (C=O) groups is 2. The van der Waals surface area contributed by atoms with Crippen LogP contribution in [0.15, 0.2) is 0 Å². The van der Waals surface area contributed by atoms with Crippen LogP contribution in [0.2, 0.25) is 0 Å². The van der Waals surface area contributed by atoms with Crippen LogP contribution in [-0.4, -0.2) is 66.5 Å². The van der Waals surface area contributed by atoms with E-state index in [0.29, 0.717) is 6.04 Å². The van der Waals surface area contributed by atoms with Crippen LogP contribution in [0.25, 0.3) is 0 Å². The van der Waals surface area contributed by atoms with Gasteiger partial charge in [-0.05, 0) is 20.9 Å². The summed E-state index contributed by atoms with van der Waals surface area (Å²) in [7, 11) is 2.09. The van der Waals surface area contributed by atoms with E-state index in [1.54, 1.807) is 0 Å². The van der Waals surface area contributed by atoms with Gasteiger partial charge in [-0.3, -0.25) is 10.1 Å². The minimum Gasteiger partial charge on any atom is -0.322 e. The van der Waals surface area contributed by atoms with Crippen molar-refractivity contribution in [2.75, 3.05) is 33.2 Å². The fourth-order valence-electron chi connectivity index (χ4n) is 3.97. The standard InChI is InChI=1S/C13H22N4O2/c1-8(2)17-6-9-4-16(3)5-10(7-17)13(9)11(18)14-12(19)15-13/h8-10H,4-7H2,1-3H3,(H2,14,15,18,19). The number of piperidine rings is 2. The maximum atomic E-state index is 12.3. The molecule has 3 fully saturated rings. The normalized spacial score (nSPS) is 39.8. The molecule has 3 heterocycles. The van der Waals surface area contributed by atoms with Crippen LogP contribution in [0.5, 0.6) is 0 Å². The summed E-state index contributed by atoms with van der Waals surface area (Å²) < 4.78 is 0. The van der Waals surface area contributed by atoms with Gasteiger partial charge in [0.05, 0.1) is 0 Å². The molecule has 6 nitrogen and oxygen atoms in total. The van der Waals surface area contributed by atoms with E-state index in [1.807, 2.05) is 0 Å². The molecule has 0 saturated carbocycles. The second kappa shape index (κ2) is 4.18. The molecule has 3 aliphatic rings. The average molecular weight is 266 g/mol. The molecule has 2 bridgehead atoms. The lowest BCUT2D eigenvalue weighted by molar-refractivity contribution is -0.137. The molecule has 0 radical (unpaired) electrons. The van der Waals surface area contributed by atoms with Gasteiger partial charge in [-0.15, -0.1) is 0 Å². The van der Waals surface area contributed by atoms with E-state index in [-0.39, 0.29) is 23.8 Å². The number of likely N-dealkylation sites (tertiary alicyclic amines) is 2. The first-order valence-corrected chi connectivity index (χ1v) is 6.99. The molecule has 19 heavy (non-hydrogen) atoms. The lowest BCUT2D eigenvalue weighted by atomic mass is 9.67. The summed E-state index contributed by atoms with van der Waals surface area (Å²) in [5.41, 5.74) is -0.672. The molecule has 3 rings (SSSR count). The van der Waals surface area contributed by atoms with Gasteiger partial charge in [0.1, 0.15) is 5.54 Å². The smallest absolute Gasteiger partial charge is 0.322 e. The number of nitrogens with zero attached hydrogens (tertiary/aromatic N) is 2. The van der Waals surface area contributed by atoms with Gasteiger partial charge < -0.3 is 15.1 Å². The first-order chi connectivity index (χ1) is 8.93. The molecule has 3 aliphatic heterocycles. The molecule has 2 atom stereocenters. The highest BCUT2D eigenvalue weighted by Crippen LogP contribution is 2.40. The summed E-state index contributed by atoms with van der Waals surface area (Å²) in [5.74, 6) is 0.210. The second-order valence-electron chi connectivity index (χ2n) is 6.44. The van der Waals surface area contributed by atoms with E-state index in [4.69, 9.17) is 0 Å². The van der Waals surface area contributed by atoms with Gasteiger partial charge in [0.15, 0.2) is 0 Å². The molecule has 0 aromatic heterocycles. The Balaban J connectivity index is 1.94. The number of hydrogen-bond donors (Lipinski definition) is 2. The van der Waals surface area contributed by atoms with Crippen LogP contribution >= 0.6 is 0 Å². The van der Waals surface area contributed by atoms with Crippen LogP contribution in [-0.2, 0) is 4.79 Å². The zero-order valence-electron chi connectivity index (χ0n) is 11.8. The first kappa shape index (κ1) is 12.9. The van der Waals surface area contributed by atoms with Gasteiger partial charge in [0.2, 0.25) is 0 Å². The van der Waals surface area contributed by atoms with E-state index in [2.05, 4.69) is 41.3 Å². The zero-order valence-corrected chi connectivity index (χ0v) is 11.8. The number of urea groups is 1. The maximum Gasteiger partial charge on any atom is 0.322 e. The van der Waals surface area contributed by atoms with Crippen LogP contribution in [0.1, 0.15) is 13.8 Å². The quantitative estimate of drug-likeness (QED) is 0.626. The van der Waals surface area contributed by atoms with Crippen molar-refractivity contribution >= 4 is 11.9 Å². The highest BCUT2D eigenvalue weighted by Gasteiger charge is 2.61. The third-order valence-corrected chi connectivity index (χ3v) is 4.92. The lowest BCUT2D eigenvalue weighted by Crippen LogP contribution is -2.73. The number of amides is 3. The largest absolute Gasteiger partial charge is 0.322 e. The van der Waals surface area contributed by atoms with Crippen molar-refractivity contribution in [3.8, 4) is 0 Å². The van der Waals surface area contributed by atoms with Crippen molar-refractivity contribution < 1.29 is 9.59 Å². The van der Waals surface area contributed by atoms with Crippen molar-refractivity contribution in [2.45, 2.75) is 25.4 Å². The van der Waals surface area contributed by atoms with Gasteiger partial charge in [-0.1, -0.05) is 0 Å². The molecule has 0 aliphatic carbocycles. The van der Waals surface area contributed by atoms with Gasteiger partial charge in [-0.25, -0.2) is 4.79 Å². The molecular weight excluding hydrogens is 244 g/mol. The lowest BCUT2D eigenvalue weighted by Gasteiger charge is -2.55. The zero-order chi connectivity index (χ0) is 13.8. The van der Waals surface area contributed by atoms with Gasteiger partial charge in [0.25, 0.3) is 5.91 Å². The van der Waals surface area contributed by atoms with Crippen LogP contribution in [0.3, 0.4) is 0 Å². The van der Waals surface area contributed by atoms with Gasteiger partial charge in [0, 0.05) is 44.1 Å². The van der Waals surface area contributed by atoms with E-state index < -0.39 is 5.54 Å². The highest BCUT2D eigenvalue weighted by molar-refractivity contribution is 6.07. The van der Waals surface area contributed by atoms with Crippen molar-refractivity contribution in [3.05, 3.63) is 0 Å². The van der Waals surface area contributed by atoms with Crippen LogP contribution < -0.4 is 10.6 Å². The number of carbonyl (C=O) groups excluding carboxylic acids is 2. The fraction of sp³-hybridized carbons (Fsp3) is 0.846. The molecule has 2 unspecified atom stereocenters. The molecular formula is C13H22N4O2. The third-order valence-electron chi connectivity index (χ3n) is 4.92. The third kappa shape index (κ3) is 1.77. The van der Waals surface area contributed by atoms with E-state index >= 15 is 0 Å². The molecule has 1 spiro atoms. The maximum absolute atomic E-state index is 12.3. The topological polar surface area (TPSA) is 64.7 Å². The van der Waals surface area contributed by atoms with Crippen molar-refractivity contribution in [1.82, 2.24) is 20.4 Å². The van der Waals surface area contributed by atoms with E-state index in [9.17, 15) is 9.59 Å². The Morgan fingerprint density at radius 2 is 1.74 bits per heavy atom. The summed E-state index contributed by atoms with van der Waals surface area (Å²) in [5, 5.41) is 5.39. The second-order valence-corrected chi connectivity index (χ2v) is 6.44. The van der Waals surface area contributed by atoms with Crippen molar-refractivity contribution in [3.63, 3.8) is 0 Å². The van der Waals surface area contributed by atoms with Gasteiger partial charge in [-0.2, -0.15) is 0 Å². The summed E-state index contributed by atoms with van der Waals surface area (Å²) >= 11 is 0. The fourth-order valence-corrected chi connectivity index (χ4v) is 3.97. The number of imide groups is 1. The number of hydrogen-bond acceptors (Lipinski definition) is 4. The summed E-state index contributed by atoms with van der Waals surface area (Å²) in [6.45, 7) is 7.81. The Labute approximate surface area is 113 Å². The Bertz CT molecular complexity index is 407. The monoisotopic (exact) mass is 266 g/mol. The number of nitrogens with one attached hydrogen (secondary N) is 2. The Hall–Kier alpha value is -1.14. The highest BCUT2D eigenvalue weighted by atomic mass is 16.2. The number of rotatable bonds is 1. The molecule has 106 valence electrons. The Morgan fingerprint density at radius 1 is 1.16 bits per heavy atom. The minimum atomic E-state index is -0.672. The molecule has 6 heteroatoms. The van der Waals surface area contributed by atoms with E-state index in [0.717, 1.165) is 26.2 Å². The van der Waals surface area contributed by atoms with Crippen molar-refractivity contribution in [1.29, 1.82) is 0 Å². The minimum absolute atomic E-state index is 0.121. The molecule has 3 amide bonds. The molecule has 3 saturated heterocycles. The predicted molar refractivity (Wildman–Crippen MR) is 70.6 cm³/mol. The van der Waals surface area contributed by atoms with Crippen molar-refractivity contribution in [2.24, 2.45) is 11.8 Å². The molecule has 2 N–H and O–H groups in total. The average Bonchev–Trinajstić information content (AvgIpc) is 2.56.